The molecule has 0 radical (unpaired) electrons. The fourth-order valence-corrected chi connectivity index (χ4v) is 2.95. The Morgan fingerprint density at radius 2 is 1.83 bits per heavy atom. The quantitative estimate of drug-likeness (QED) is 0.486. The normalized spacial score (nSPS) is 10.5. The summed E-state index contributed by atoms with van der Waals surface area (Å²) in [6, 6.07) is 17.6. The van der Waals surface area contributed by atoms with Crippen LogP contribution in [0.4, 0.5) is 16.2 Å². The molecule has 7 nitrogen and oxygen atoms in total. The number of nitrogens with zero attached hydrogens (tertiary/aromatic N) is 3. The summed E-state index contributed by atoms with van der Waals surface area (Å²) in [4.78, 5) is 20.8. The Morgan fingerprint density at radius 1 is 1.00 bits per heavy atom. The lowest BCUT2D eigenvalue weighted by atomic mass is 10.1. The number of urea groups is 1. The average Bonchev–Trinajstić information content (AvgIpc) is 3.19. The van der Waals surface area contributed by atoms with Gasteiger partial charge in [-0.05, 0) is 42.0 Å². The summed E-state index contributed by atoms with van der Waals surface area (Å²) in [6.45, 7) is 0. The van der Waals surface area contributed by atoms with E-state index in [0.717, 1.165) is 11.1 Å². The van der Waals surface area contributed by atoms with Crippen molar-refractivity contribution in [1.29, 1.82) is 0 Å². The van der Waals surface area contributed by atoms with Gasteiger partial charge in [-0.25, -0.2) is 4.79 Å². The number of anilines is 2. The molecule has 2 N–H and O–H groups in total. The Balaban J connectivity index is 1.47. The molecule has 4 aromatic rings. The van der Waals surface area contributed by atoms with Crippen LogP contribution in [0.15, 0.2) is 77.6 Å². The molecule has 2 amide bonds. The molecule has 0 aliphatic carbocycles. The number of amides is 2. The van der Waals surface area contributed by atoms with Gasteiger partial charge in [-0.15, -0.1) is 0 Å². The molecular formula is C21H16ClN5O2. The van der Waals surface area contributed by atoms with Crippen molar-refractivity contribution < 1.29 is 9.32 Å². The van der Waals surface area contributed by atoms with Crippen LogP contribution < -0.4 is 10.6 Å². The molecule has 0 fully saturated rings. The second-order valence-electron chi connectivity index (χ2n) is 6.17. The van der Waals surface area contributed by atoms with Crippen LogP contribution in [0.1, 0.15) is 11.5 Å². The second kappa shape index (κ2) is 8.53. The van der Waals surface area contributed by atoms with Gasteiger partial charge in [-0.3, -0.25) is 4.98 Å². The highest BCUT2D eigenvalue weighted by Crippen LogP contribution is 2.21. The molecule has 4 rings (SSSR count). The second-order valence-corrected chi connectivity index (χ2v) is 6.61. The molecule has 2 aromatic heterocycles. The predicted octanol–water partition coefficient (Wildman–Crippen LogP) is 5.02. The van der Waals surface area contributed by atoms with E-state index in [9.17, 15) is 4.79 Å². The van der Waals surface area contributed by atoms with Gasteiger partial charge in [0.05, 0.1) is 6.42 Å². The van der Waals surface area contributed by atoms with Crippen LogP contribution in [0.25, 0.3) is 11.4 Å². The highest BCUT2D eigenvalue weighted by atomic mass is 35.5. The minimum absolute atomic E-state index is 0.372. The highest BCUT2D eigenvalue weighted by Gasteiger charge is 2.13. The zero-order valence-electron chi connectivity index (χ0n) is 15.2. The standard InChI is InChI=1S/C21H16ClN5O2/c22-16-5-3-6-17(13-16)24-21(28)25-18-7-2-1-4-15(18)12-19-26-20(27-29-19)14-8-10-23-11-9-14/h1-11,13H,12H2,(H2,24,25,28). The lowest BCUT2D eigenvalue weighted by Crippen LogP contribution is -2.20. The molecule has 2 aromatic carbocycles. The van der Waals surface area contributed by atoms with Gasteiger partial charge in [0.2, 0.25) is 11.7 Å². The lowest BCUT2D eigenvalue weighted by Gasteiger charge is -2.11. The number of aromatic nitrogens is 3. The van der Waals surface area contributed by atoms with Gasteiger partial charge in [0.25, 0.3) is 0 Å². The highest BCUT2D eigenvalue weighted by molar-refractivity contribution is 6.30. The van der Waals surface area contributed by atoms with Gasteiger partial charge in [0.1, 0.15) is 0 Å². The van der Waals surface area contributed by atoms with Crippen LogP contribution in [0.5, 0.6) is 0 Å². The van der Waals surface area contributed by atoms with Gasteiger partial charge in [0.15, 0.2) is 0 Å². The molecule has 0 spiro atoms. The van der Waals surface area contributed by atoms with Crippen molar-refractivity contribution >= 4 is 29.0 Å². The first-order valence-corrected chi connectivity index (χ1v) is 9.19. The van der Waals surface area contributed by atoms with Crippen LogP contribution in [0, 0.1) is 0 Å². The van der Waals surface area contributed by atoms with E-state index in [1.54, 1.807) is 36.7 Å². The summed E-state index contributed by atoms with van der Waals surface area (Å²) in [5, 5.41) is 10.2. The minimum Gasteiger partial charge on any atom is -0.339 e. The van der Waals surface area contributed by atoms with Crippen LogP contribution in [-0.2, 0) is 6.42 Å². The van der Waals surface area contributed by atoms with E-state index < -0.39 is 0 Å². The molecule has 144 valence electrons. The Morgan fingerprint density at radius 3 is 2.66 bits per heavy atom. The third-order valence-electron chi connectivity index (χ3n) is 4.10. The monoisotopic (exact) mass is 405 g/mol. The van der Waals surface area contributed by atoms with Gasteiger partial charge < -0.3 is 15.2 Å². The maximum absolute atomic E-state index is 12.4. The molecular weight excluding hydrogens is 390 g/mol. The van der Waals surface area contributed by atoms with Gasteiger partial charge >= 0.3 is 6.03 Å². The number of pyridine rings is 1. The van der Waals surface area contributed by atoms with Crippen molar-refractivity contribution in [3.8, 4) is 11.4 Å². The van der Waals surface area contributed by atoms with E-state index in [1.165, 1.54) is 0 Å². The number of carbonyl (C=O) groups is 1. The van der Waals surface area contributed by atoms with Crippen LogP contribution >= 0.6 is 11.6 Å². The average molecular weight is 406 g/mol. The number of benzene rings is 2. The number of carbonyl (C=O) groups excluding carboxylic acids is 1. The van der Waals surface area contributed by atoms with E-state index in [2.05, 4.69) is 25.8 Å². The van der Waals surface area contributed by atoms with E-state index in [-0.39, 0.29) is 6.03 Å². The number of para-hydroxylation sites is 1. The molecule has 0 unspecified atom stereocenters. The van der Waals surface area contributed by atoms with Crippen LogP contribution in [0.2, 0.25) is 5.02 Å². The summed E-state index contributed by atoms with van der Waals surface area (Å²) in [5.74, 6) is 0.938. The molecule has 0 aliphatic heterocycles. The van der Waals surface area contributed by atoms with Crippen molar-refractivity contribution in [2.24, 2.45) is 0 Å². The van der Waals surface area contributed by atoms with Crippen molar-refractivity contribution in [2.45, 2.75) is 6.42 Å². The number of hydrogen-bond acceptors (Lipinski definition) is 5. The topological polar surface area (TPSA) is 92.9 Å². The van der Waals surface area contributed by atoms with E-state index >= 15 is 0 Å². The zero-order chi connectivity index (χ0) is 20.1. The molecule has 0 saturated heterocycles. The zero-order valence-corrected chi connectivity index (χ0v) is 15.9. The summed E-state index contributed by atoms with van der Waals surface area (Å²) in [7, 11) is 0. The number of halogens is 1. The molecule has 0 atom stereocenters. The van der Waals surface area contributed by atoms with Gasteiger partial charge in [-0.1, -0.05) is 41.0 Å². The third kappa shape index (κ3) is 4.77. The maximum atomic E-state index is 12.4. The Bertz CT molecular complexity index is 1130. The molecule has 0 bridgehead atoms. The SMILES string of the molecule is O=C(Nc1cccc(Cl)c1)Nc1ccccc1Cc1nc(-c2ccncc2)no1. The number of nitrogens with one attached hydrogen (secondary N) is 2. The molecule has 2 heterocycles. The third-order valence-corrected chi connectivity index (χ3v) is 4.33. The van der Waals surface area contributed by atoms with E-state index in [4.69, 9.17) is 16.1 Å². The van der Waals surface area contributed by atoms with Crippen LogP contribution in [-0.4, -0.2) is 21.2 Å². The lowest BCUT2D eigenvalue weighted by molar-refractivity contribution is 0.262. The van der Waals surface area contributed by atoms with Crippen molar-refractivity contribution in [3.63, 3.8) is 0 Å². The Hall–Kier alpha value is -3.71. The fraction of sp³-hybridized carbons (Fsp3) is 0.0476. The van der Waals surface area contributed by atoms with Crippen molar-refractivity contribution in [2.75, 3.05) is 10.6 Å². The first-order chi connectivity index (χ1) is 14.2. The van der Waals surface area contributed by atoms with E-state index in [0.29, 0.717) is 34.5 Å². The first kappa shape index (κ1) is 18.6. The number of rotatable bonds is 5. The summed E-state index contributed by atoms with van der Waals surface area (Å²) < 4.78 is 5.37. The fourth-order valence-electron chi connectivity index (χ4n) is 2.76. The minimum atomic E-state index is -0.372. The Kier molecular flexibility index (Phi) is 5.49. The van der Waals surface area contributed by atoms with Crippen LogP contribution in [0.3, 0.4) is 0 Å². The molecule has 0 saturated carbocycles. The van der Waals surface area contributed by atoms with Crippen molar-refractivity contribution in [3.05, 3.63) is 89.5 Å². The molecule has 8 heteroatoms. The van der Waals surface area contributed by atoms with Gasteiger partial charge in [0, 0.05) is 34.4 Å². The largest absolute Gasteiger partial charge is 0.339 e. The molecule has 29 heavy (non-hydrogen) atoms. The Labute approximate surface area is 171 Å². The summed E-state index contributed by atoms with van der Waals surface area (Å²) >= 11 is 5.95. The van der Waals surface area contributed by atoms with Crippen molar-refractivity contribution in [1.82, 2.24) is 15.1 Å². The smallest absolute Gasteiger partial charge is 0.323 e. The summed E-state index contributed by atoms with van der Waals surface area (Å²) in [6.07, 6.45) is 3.72. The number of hydrogen-bond donors (Lipinski definition) is 2. The first-order valence-electron chi connectivity index (χ1n) is 8.82. The maximum Gasteiger partial charge on any atom is 0.323 e. The van der Waals surface area contributed by atoms with E-state index in [1.807, 2.05) is 36.4 Å². The van der Waals surface area contributed by atoms with Gasteiger partial charge in [-0.2, -0.15) is 4.98 Å². The summed E-state index contributed by atoms with van der Waals surface area (Å²) in [5.41, 5.74) is 2.92. The molecule has 0 aliphatic rings. The predicted molar refractivity (Wildman–Crippen MR) is 111 cm³/mol.